The van der Waals surface area contributed by atoms with Crippen LogP contribution in [0.1, 0.15) is 41.2 Å². The summed E-state index contributed by atoms with van der Waals surface area (Å²) in [5.74, 6) is 0.469. The molecule has 1 saturated heterocycles. The van der Waals surface area contributed by atoms with Crippen LogP contribution in [0.3, 0.4) is 0 Å². The van der Waals surface area contributed by atoms with E-state index < -0.39 is 0 Å². The van der Waals surface area contributed by atoms with E-state index in [-0.39, 0.29) is 11.3 Å². The second-order valence-electron chi connectivity index (χ2n) is 6.23. The molecular weight excluding hydrogens is 264 g/mol. The first-order valence-electron chi connectivity index (χ1n) is 7.49. The highest BCUT2D eigenvalue weighted by Crippen LogP contribution is 2.55. The van der Waals surface area contributed by atoms with Gasteiger partial charge in [-0.25, -0.2) is 0 Å². The van der Waals surface area contributed by atoms with Crippen LogP contribution in [0.2, 0.25) is 0 Å². The Hall–Kier alpha value is -2.17. The smallest absolute Gasteiger partial charge is 0.273 e. The van der Waals surface area contributed by atoms with Crippen LogP contribution in [0, 0.1) is 5.41 Å². The van der Waals surface area contributed by atoms with E-state index in [2.05, 4.69) is 39.7 Å². The van der Waals surface area contributed by atoms with Crippen LogP contribution in [0.25, 0.3) is 0 Å². The van der Waals surface area contributed by atoms with Crippen LogP contribution in [0.4, 0.5) is 0 Å². The lowest BCUT2D eigenvalue weighted by Gasteiger charge is -2.43. The molecule has 1 saturated carbocycles. The Kier molecular flexibility index (Phi) is 2.80. The monoisotopic (exact) mass is 282 g/mol. The number of aromatic nitrogens is 3. The summed E-state index contributed by atoms with van der Waals surface area (Å²) in [5, 5.41) is 10.0. The van der Waals surface area contributed by atoms with Gasteiger partial charge in [-0.2, -0.15) is 0 Å². The summed E-state index contributed by atoms with van der Waals surface area (Å²) in [7, 11) is 0. The molecule has 2 aromatic rings. The second-order valence-corrected chi connectivity index (χ2v) is 6.23. The third-order valence-corrected chi connectivity index (χ3v) is 5.13. The van der Waals surface area contributed by atoms with Gasteiger partial charge in [0.05, 0.1) is 6.20 Å². The van der Waals surface area contributed by atoms with E-state index >= 15 is 0 Å². The van der Waals surface area contributed by atoms with Gasteiger partial charge in [-0.1, -0.05) is 42.0 Å². The van der Waals surface area contributed by atoms with Crippen molar-refractivity contribution in [3.63, 3.8) is 0 Å². The lowest BCUT2D eigenvalue weighted by molar-refractivity contribution is 0.0720. The maximum Gasteiger partial charge on any atom is 0.273 e. The van der Waals surface area contributed by atoms with Crippen LogP contribution in [0.5, 0.6) is 0 Å². The lowest BCUT2D eigenvalue weighted by Crippen LogP contribution is -2.37. The number of carbonyl (C=O) groups excluding carboxylic acids is 1. The Morgan fingerprint density at radius 3 is 2.71 bits per heavy atom. The first-order chi connectivity index (χ1) is 10.3. The molecule has 0 bridgehead atoms. The number of rotatable bonds is 2. The van der Waals surface area contributed by atoms with Gasteiger partial charge in [-0.15, -0.1) is 5.10 Å². The summed E-state index contributed by atoms with van der Waals surface area (Å²) in [4.78, 5) is 14.5. The summed E-state index contributed by atoms with van der Waals surface area (Å²) >= 11 is 0. The summed E-state index contributed by atoms with van der Waals surface area (Å²) in [6.07, 6.45) is 5.22. The quantitative estimate of drug-likeness (QED) is 0.918. The van der Waals surface area contributed by atoms with E-state index in [1.807, 2.05) is 11.0 Å². The number of carbonyl (C=O) groups is 1. The van der Waals surface area contributed by atoms with Crippen molar-refractivity contribution in [2.24, 2.45) is 5.41 Å². The summed E-state index contributed by atoms with van der Waals surface area (Å²) in [6.45, 7) is 1.65. The van der Waals surface area contributed by atoms with Crippen LogP contribution < -0.4 is 0 Å². The van der Waals surface area contributed by atoms with E-state index in [1.165, 1.54) is 31.0 Å². The number of amides is 1. The molecule has 2 fully saturated rings. The van der Waals surface area contributed by atoms with E-state index in [1.54, 1.807) is 0 Å². The molecule has 1 aromatic carbocycles. The lowest BCUT2D eigenvalue weighted by atomic mass is 9.61. The number of nitrogens with one attached hydrogen (secondary N) is 1. The van der Waals surface area contributed by atoms with E-state index in [4.69, 9.17) is 0 Å². The van der Waals surface area contributed by atoms with Gasteiger partial charge in [0.15, 0.2) is 0 Å². The SMILES string of the molecule is O=C(c1cnn[nH]1)N1C[C@@H](c2ccccc2)C2(CCC2)C1. The molecule has 5 heteroatoms. The van der Waals surface area contributed by atoms with Gasteiger partial charge in [0.2, 0.25) is 0 Å². The zero-order valence-electron chi connectivity index (χ0n) is 11.8. The minimum absolute atomic E-state index is 0.0182. The summed E-state index contributed by atoms with van der Waals surface area (Å²) in [6, 6.07) is 10.6. The fourth-order valence-corrected chi connectivity index (χ4v) is 3.88. The van der Waals surface area contributed by atoms with E-state index in [9.17, 15) is 4.79 Å². The topological polar surface area (TPSA) is 61.9 Å². The van der Waals surface area contributed by atoms with Crippen LogP contribution >= 0.6 is 0 Å². The Balaban J connectivity index is 1.62. The van der Waals surface area contributed by atoms with Crippen molar-refractivity contribution in [3.8, 4) is 0 Å². The normalized spacial score (nSPS) is 23.2. The van der Waals surface area contributed by atoms with Crippen LogP contribution in [-0.2, 0) is 0 Å². The molecule has 1 N–H and O–H groups in total. The van der Waals surface area contributed by atoms with E-state index in [0.29, 0.717) is 11.6 Å². The molecule has 1 aromatic heterocycles. The van der Waals surface area contributed by atoms with Gasteiger partial charge in [0.1, 0.15) is 5.69 Å². The second kappa shape index (κ2) is 4.69. The zero-order chi connectivity index (χ0) is 14.3. The van der Waals surface area contributed by atoms with Crippen LogP contribution in [0.15, 0.2) is 36.5 Å². The number of likely N-dealkylation sites (tertiary alicyclic amines) is 1. The maximum absolute atomic E-state index is 12.5. The van der Waals surface area contributed by atoms with Gasteiger partial charge in [-0.05, 0) is 23.8 Å². The highest BCUT2D eigenvalue weighted by molar-refractivity contribution is 5.92. The highest BCUT2D eigenvalue weighted by Gasteiger charge is 2.51. The molecular formula is C16H18N4O. The fraction of sp³-hybridized carbons (Fsp3) is 0.438. The Morgan fingerprint density at radius 1 is 1.29 bits per heavy atom. The van der Waals surface area contributed by atoms with Gasteiger partial charge in [-0.3, -0.25) is 9.89 Å². The molecule has 0 radical (unpaired) electrons. The van der Waals surface area contributed by atoms with Crippen molar-refractivity contribution in [1.82, 2.24) is 20.3 Å². The largest absolute Gasteiger partial charge is 0.336 e. The van der Waals surface area contributed by atoms with Crippen molar-refractivity contribution in [1.29, 1.82) is 0 Å². The molecule has 108 valence electrons. The third-order valence-electron chi connectivity index (χ3n) is 5.13. The van der Waals surface area contributed by atoms with Gasteiger partial charge in [0, 0.05) is 19.0 Å². The Bertz CT molecular complexity index is 634. The Morgan fingerprint density at radius 2 is 2.10 bits per heavy atom. The fourth-order valence-electron chi connectivity index (χ4n) is 3.88. The maximum atomic E-state index is 12.5. The average Bonchev–Trinajstić information content (AvgIpc) is 3.14. The zero-order valence-corrected chi connectivity index (χ0v) is 11.8. The van der Waals surface area contributed by atoms with Crippen molar-refractivity contribution in [2.45, 2.75) is 25.2 Å². The van der Waals surface area contributed by atoms with Crippen molar-refractivity contribution in [3.05, 3.63) is 47.8 Å². The predicted octanol–water partition coefficient (Wildman–Crippen LogP) is 2.21. The predicted molar refractivity (Wildman–Crippen MR) is 77.8 cm³/mol. The highest BCUT2D eigenvalue weighted by atomic mass is 16.2. The number of hydrogen-bond acceptors (Lipinski definition) is 3. The number of aromatic amines is 1. The Labute approximate surface area is 123 Å². The summed E-state index contributed by atoms with van der Waals surface area (Å²) in [5.41, 5.74) is 2.12. The number of benzene rings is 1. The minimum Gasteiger partial charge on any atom is -0.336 e. The molecule has 1 aliphatic heterocycles. The average molecular weight is 282 g/mol. The molecule has 2 heterocycles. The standard InChI is InChI=1S/C16H18N4O/c21-15(14-9-17-19-18-14)20-10-13(12-5-2-1-3-6-12)16(11-20)7-4-8-16/h1-3,5-6,9,13H,4,7-8,10-11H2,(H,17,18,19)/t13-/m0/s1. The molecule has 5 nitrogen and oxygen atoms in total. The number of nitrogens with zero attached hydrogens (tertiary/aromatic N) is 3. The molecule has 4 rings (SSSR count). The van der Waals surface area contributed by atoms with Crippen LogP contribution in [-0.4, -0.2) is 39.3 Å². The third kappa shape index (κ3) is 1.95. The van der Waals surface area contributed by atoms with Gasteiger partial charge < -0.3 is 4.90 Å². The van der Waals surface area contributed by atoms with Crippen molar-refractivity contribution in [2.75, 3.05) is 13.1 Å². The molecule has 1 atom stereocenters. The van der Waals surface area contributed by atoms with Gasteiger partial charge in [0.25, 0.3) is 5.91 Å². The van der Waals surface area contributed by atoms with Crippen molar-refractivity contribution < 1.29 is 4.79 Å². The van der Waals surface area contributed by atoms with E-state index in [0.717, 1.165) is 13.1 Å². The summed E-state index contributed by atoms with van der Waals surface area (Å²) < 4.78 is 0. The van der Waals surface area contributed by atoms with Crippen molar-refractivity contribution >= 4 is 5.91 Å². The molecule has 1 aliphatic carbocycles. The molecule has 0 unspecified atom stereocenters. The van der Waals surface area contributed by atoms with Gasteiger partial charge >= 0.3 is 0 Å². The minimum atomic E-state index is 0.0182. The molecule has 2 aliphatic rings. The first kappa shape index (κ1) is 12.6. The molecule has 21 heavy (non-hydrogen) atoms. The molecule has 1 spiro atoms. The molecule has 1 amide bonds. The number of hydrogen-bond donors (Lipinski definition) is 1. The first-order valence-corrected chi connectivity index (χ1v) is 7.49. The number of H-pyrrole nitrogens is 1.